The second-order valence-corrected chi connectivity index (χ2v) is 5.87. The number of nitrogen functional groups attached to an aromatic ring is 1. The molecule has 0 bridgehead atoms. The van der Waals surface area contributed by atoms with Crippen molar-refractivity contribution >= 4 is 11.6 Å². The molecular formula is C15H26N4O2. The first-order valence-electron chi connectivity index (χ1n) is 7.66. The number of ether oxygens (including phenoxy) is 1. The lowest BCUT2D eigenvalue weighted by Crippen LogP contribution is -2.48. The molecule has 0 aliphatic carbocycles. The fourth-order valence-electron chi connectivity index (χ4n) is 3.09. The summed E-state index contributed by atoms with van der Waals surface area (Å²) in [4.78, 5) is 12.5. The molecule has 0 spiro atoms. The number of amides is 1. The minimum atomic E-state index is -0.149. The van der Waals surface area contributed by atoms with Crippen molar-refractivity contribution in [1.29, 1.82) is 0 Å². The molecular weight excluding hydrogens is 268 g/mol. The third-order valence-corrected chi connectivity index (χ3v) is 4.60. The Labute approximate surface area is 126 Å². The quantitative estimate of drug-likeness (QED) is 0.886. The first-order valence-corrected chi connectivity index (χ1v) is 7.66. The monoisotopic (exact) mass is 294 g/mol. The minimum absolute atomic E-state index is 0.107. The van der Waals surface area contributed by atoms with Crippen molar-refractivity contribution in [2.75, 3.05) is 12.3 Å². The molecule has 2 heterocycles. The van der Waals surface area contributed by atoms with Crippen molar-refractivity contribution in [1.82, 2.24) is 15.1 Å². The van der Waals surface area contributed by atoms with Crippen LogP contribution >= 0.6 is 0 Å². The van der Waals surface area contributed by atoms with E-state index in [2.05, 4.69) is 24.3 Å². The molecule has 1 aromatic rings. The van der Waals surface area contributed by atoms with E-state index in [9.17, 15) is 4.79 Å². The lowest BCUT2D eigenvalue weighted by atomic mass is 9.86. The minimum Gasteiger partial charge on any atom is -0.395 e. The molecule has 1 unspecified atom stereocenters. The van der Waals surface area contributed by atoms with Gasteiger partial charge < -0.3 is 15.8 Å². The molecule has 2 rings (SSSR count). The van der Waals surface area contributed by atoms with Gasteiger partial charge in [0.2, 0.25) is 0 Å². The van der Waals surface area contributed by atoms with Crippen LogP contribution in [0, 0.1) is 6.92 Å². The van der Waals surface area contributed by atoms with Crippen molar-refractivity contribution in [3.63, 3.8) is 0 Å². The molecule has 3 N–H and O–H groups in total. The Balaban J connectivity index is 2.09. The molecule has 6 nitrogen and oxygen atoms in total. The fraction of sp³-hybridized carbons (Fsp3) is 0.733. The van der Waals surface area contributed by atoms with Crippen LogP contribution in [0.4, 0.5) is 5.69 Å². The predicted molar refractivity (Wildman–Crippen MR) is 82.1 cm³/mol. The topological polar surface area (TPSA) is 82.2 Å². The van der Waals surface area contributed by atoms with E-state index < -0.39 is 0 Å². The average Bonchev–Trinajstić information content (AvgIpc) is 2.72. The molecule has 21 heavy (non-hydrogen) atoms. The second kappa shape index (κ2) is 6.05. The SMILES string of the molecule is CCC1(CC)CC(NC(=O)c2c(N)c(C)nn2C)CCO1. The highest BCUT2D eigenvalue weighted by Gasteiger charge is 2.35. The van der Waals surface area contributed by atoms with Crippen LogP contribution in [0.5, 0.6) is 0 Å². The smallest absolute Gasteiger partial charge is 0.271 e. The first kappa shape index (κ1) is 15.8. The van der Waals surface area contributed by atoms with Crippen LogP contribution in [0.15, 0.2) is 0 Å². The van der Waals surface area contributed by atoms with Crippen LogP contribution in [0.2, 0.25) is 0 Å². The number of nitrogens with one attached hydrogen (secondary N) is 1. The van der Waals surface area contributed by atoms with Crippen LogP contribution < -0.4 is 11.1 Å². The highest BCUT2D eigenvalue weighted by atomic mass is 16.5. The number of carbonyl (C=O) groups is 1. The summed E-state index contributed by atoms with van der Waals surface area (Å²) in [5.74, 6) is -0.149. The molecule has 1 aliphatic rings. The lowest BCUT2D eigenvalue weighted by Gasteiger charge is -2.40. The third-order valence-electron chi connectivity index (χ3n) is 4.60. The molecule has 1 amide bonds. The molecule has 1 saturated heterocycles. The Kier molecular flexibility index (Phi) is 4.56. The van der Waals surface area contributed by atoms with Crippen molar-refractivity contribution in [2.45, 2.75) is 58.1 Å². The summed E-state index contributed by atoms with van der Waals surface area (Å²) in [5.41, 5.74) is 7.43. The van der Waals surface area contributed by atoms with Gasteiger partial charge >= 0.3 is 0 Å². The number of aromatic nitrogens is 2. The normalized spacial score (nSPS) is 21.2. The van der Waals surface area contributed by atoms with Crippen LogP contribution in [-0.4, -0.2) is 33.9 Å². The fourth-order valence-corrected chi connectivity index (χ4v) is 3.09. The van der Waals surface area contributed by atoms with E-state index in [1.54, 1.807) is 18.7 Å². The van der Waals surface area contributed by atoms with E-state index in [0.717, 1.165) is 25.7 Å². The Morgan fingerprint density at radius 2 is 2.19 bits per heavy atom. The van der Waals surface area contributed by atoms with Gasteiger partial charge in [0.15, 0.2) is 0 Å². The van der Waals surface area contributed by atoms with Crippen molar-refractivity contribution in [3.05, 3.63) is 11.4 Å². The Bertz CT molecular complexity index is 520. The van der Waals surface area contributed by atoms with Crippen LogP contribution in [-0.2, 0) is 11.8 Å². The number of carbonyl (C=O) groups excluding carboxylic acids is 1. The van der Waals surface area contributed by atoms with Gasteiger partial charge in [-0.15, -0.1) is 0 Å². The van der Waals surface area contributed by atoms with Crippen molar-refractivity contribution in [3.8, 4) is 0 Å². The summed E-state index contributed by atoms with van der Waals surface area (Å²) in [6.45, 7) is 6.76. The molecule has 0 radical (unpaired) electrons. The molecule has 0 saturated carbocycles. The average molecular weight is 294 g/mol. The standard InChI is InChI=1S/C15H26N4O2/c1-5-15(6-2)9-11(7-8-21-15)17-14(20)13-12(16)10(3)18-19(13)4/h11H,5-9,16H2,1-4H3,(H,17,20). The number of nitrogens with zero attached hydrogens (tertiary/aromatic N) is 2. The van der Waals surface area contributed by atoms with E-state index in [1.807, 2.05) is 0 Å². The maximum atomic E-state index is 12.5. The summed E-state index contributed by atoms with van der Waals surface area (Å²) >= 11 is 0. The highest BCUT2D eigenvalue weighted by Crippen LogP contribution is 2.31. The van der Waals surface area contributed by atoms with Gasteiger partial charge in [-0.05, 0) is 32.6 Å². The number of nitrogens with two attached hydrogens (primary N) is 1. The van der Waals surface area contributed by atoms with Gasteiger partial charge in [-0.2, -0.15) is 5.10 Å². The van der Waals surface area contributed by atoms with Crippen LogP contribution in [0.25, 0.3) is 0 Å². The number of anilines is 1. The van der Waals surface area contributed by atoms with Gasteiger partial charge in [0.1, 0.15) is 5.69 Å². The molecule has 0 aromatic carbocycles. The van der Waals surface area contributed by atoms with Crippen molar-refractivity contribution < 1.29 is 9.53 Å². The maximum absolute atomic E-state index is 12.5. The summed E-state index contributed by atoms with van der Waals surface area (Å²) in [6, 6.07) is 0.126. The van der Waals surface area contributed by atoms with Gasteiger partial charge in [-0.3, -0.25) is 9.48 Å². The van der Waals surface area contributed by atoms with E-state index in [4.69, 9.17) is 10.5 Å². The van der Waals surface area contributed by atoms with E-state index in [-0.39, 0.29) is 17.6 Å². The molecule has 118 valence electrons. The van der Waals surface area contributed by atoms with E-state index in [0.29, 0.717) is 23.7 Å². The molecule has 1 atom stereocenters. The van der Waals surface area contributed by atoms with Gasteiger partial charge in [-0.25, -0.2) is 0 Å². The zero-order valence-corrected chi connectivity index (χ0v) is 13.4. The molecule has 6 heteroatoms. The summed E-state index contributed by atoms with van der Waals surface area (Å²) < 4.78 is 7.49. The second-order valence-electron chi connectivity index (χ2n) is 5.87. The molecule has 1 fully saturated rings. The predicted octanol–water partition coefficient (Wildman–Crippen LogP) is 1.78. The molecule has 1 aliphatic heterocycles. The Morgan fingerprint density at radius 3 is 2.71 bits per heavy atom. The number of hydrogen-bond donors (Lipinski definition) is 2. The summed E-state index contributed by atoms with van der Waals surface area (Å²) in [7, 11) is 1.74. The number of rotatable bonds is 4. The first-order chi connectivity index (χ1) is 9.92. The zero-order valence-electron chi connectivity index (χ0n) is 13.4. The zero-order chi connectivity index (χ0) is 15.6. The van der Waals surface area contributed by atoms with Gasteiger partial charge in [0, 0.05) is 19.7 Å². The maximum Gasteiger partial charge on any atom is 0.271 e. The summed E-state index contributed by atoms with van der Waals surface area (Å²) in [6.07, 6.45) is 3.61. The van der Waals surface area contributed by atoms with Gasteiger partial charge in [0.05, 0.1) is 17.0 Å². The van der Waals surface area contributed by atoms with E-state index in [1.165, 1.54) is 0 Å². The van der Waals surface area contributed by atoms with Gasteiger partial charge in [-0.1, -0.05) is 13.8 Å². The summed E-state index contributed by atoms with van der Waals surface area (Å²) in [5, 5.41) is 7.29. The number of aryl methyl sites for hydroxylation is 2. The lowest BCUT2D eigenvalue weighted by molar-refractivity contribution is -0.0918. The van der Waals surface area contributed by atoms with Crippen LogP contribution in [0.1, 0.15) is 55.7 Å². The van der Waals surface area contributed by atoms with Crippen molar-refractivity contribution in [2.24, 2.45) is 7.05 Å². The number of hydrogen-bond acceptors (Lipinski definition) is 4. The highest BCUT2D eigenvalue weighted by molar-refractivity contribution is 5.98. The van der Waals surface area contributed by atoms with E-state index >= 15 is 0 Å². The Morgan fingerprint density at radius 1 is 1.52 bits per heavy atom. The van der Waals surface area contributed by atoms with Gasteiger partial charge in [0.25, 0.3) is 5.91 Å². The third kappa shape index (κ3) is 3.05. The largest absolute Gasteiger partial charge is 0.395 e. The molecule has 1 aromatic heterocycles. The van der Waals surface area contributed by atoms with Crippen LogP contribution in [0.3, 0.4) is 0 Å². The Hall–Kier alpha value is -1.56.